The summed E-state index contributed by atoms with van der Waals surface area (Å²) < 4.78 is 0. The third kappa shape index (κ3) is 4.06. The maximum atomic E-state index is 13.0. The molecular formula is C24H27N3OS. The molecule has 0 radical (unpaired) electrons. The first-order valence-electron chi connectivity index (χ1n) is 9.99. The molecule has 4 rings (SSSR count). The number of hydrogen-bond acceptors (Lipinski definition) is 4. The van der Waals surface area contributed by atoms with Gasteiger partial charge in [-0.3, -0.25) is 4.79 Å². The van der Waals surface area contributed by atoms with Gasteiger partial charge in [-0.15, -0.1) is 11.3 Å². The molecule has 150 valence electrons. The lowest BCUT2D eigenvalue weighted by Gasteiger charge is -2.19. The van der Waals surface area contributed by atoms with Crippen molar-refractivity contribution in [2.45, 2.75) is 46.6 Å². The highest BCUT2D eigenvalue weighted by Crippen LogP contribution is 2.36. The van der Waals surface area contributed by atoms with Crippen LogP contribution in [0.3, 0.4) is 0 Å². The number of aromatic nitrogens is 1. The van der Waals surface area contributed by atoms with Crippen molar-refractivity contribution in [3.8, 4) is 11.3 Å². The molecule has 2 aromatic carbocycles. The molecule has 2 heterocycles. The third-order valence-electron chi connectivity index (χ3n) is 5.04. The minimum atomic E-state index is -0.0177. The van der Waals surface area contributed by atoms with Gasteiger partial charge in [0, 0.05) is 33.8 Å². The van der Waals surface area contributed by atoms with Crippen LogP contribution in [0.25, 0.3) is 11.3 Å². The summed E-state index contributed by atoms with van der Waals surface area (Å²) in [6.45, 7) is 11.3. The van der Waals surface area contributed by atoms with Crippen molar-refractivity contribution in [2.24, 2.45) is 0 Å². The number of nitrogens with zero attached hydrogens (tertiary/aromatic N) is 2. The normalized spacial score (nSPS) is 13.5. The molecule has 1 amide bonds. The average Bonchev–Trinajstić information content (AvgIpc) is 3.22. The lowest BCUT2D eigenvalue weighted by Crippen LogP contribution is -2.28. The summed E-state index contributed by atoms with van der Waals surface area (Å²) in [6, 6.07) is 14.2. The zero-order valence-electron chi connectivity index (χ0n) is 17.7. The zero-order chi connectivity index (χ0) is 20.8. The number of carbonyl (C=O) groups excluding carboxylic acids is 1. The van der Waals surface area contributed by atoms with Crippen LogP contribution in [0.2, 0.25) is 0 Å². The summed E-state index contributed by atoms with van der Waals surface area (Å²) in [7, 11) is 0. The fourth-order valence-corrected chi connectivity index (χ4v) is 4.78. The molecule has 0 saturated heterocycles. The maximum Gasteiger partial charge on any atom is 0.258 e. The second-order valence-electron chi connectivity index (χ2n) is 8.72. The molecule has 1 aliphatic rings. The molecular weight excluding hydrogens is 378 g/mol. The van der Waals surface area contributed by atoms with E-state index in [0.717, 1.165) is 46.2 Å². The molecule has 0 unspecified atom stereocenters. The van der Waals surface area contributed by atoms with Crippen molar-refractivity contribution < 1.29 is 4.79 Å². The van der Waals surface area contributed by atoms with Crippen LogP contribution < -0.4 is 10.2 Å². The Morgan fingerprint density at radius 1 is 1.14 bits per heavy atom. The van der Waals surface area contributed by atoms with Crippen molar-refractivity contribution in [3.05, 3.63) is 64.0 Å². The van der Waals surface area contributed by atoms with E-state index in [1.807, 2.05) is 36.1 Å². The minimum absolute atomic E-state index is 0.0177. The molecule has 5 heteroatoms. The number of fused-ring (bicyclic) bond motifs is 1. The van der Waals surface area contributed by atoms with Crippen LogP contribution >= 0.6 is 11.3 Å². The summed E-state index contributed by atoms with van der Waals surface area (Å²) in [5.74, 6) is 0.0710. The van der Waals surface area contributed by atoms with Gasteiger partial charge in [-0.1, -0.05) is 23.8 Å². The van der Waals surface area contributed by atoms with E-state index < -0.39 is 0 Å². The monoisotopic (exact) mass is 405 g/mol. The van der Waals surface area contributed by atoms with Gasteiger partial charge in [-0.05, 0) is 70.9 Å². The number of thiazole rings is 1. The van der Waals surface area contributed by atoms with Gasteiger partial charge < -0.3 is 10.2 Å². The summed E-state index contributed by atoms with van der Waals surface area (Å²) in [6.07, 6.45) is 0.872. The summed E-state index contributed by atoms with van der Waals surface area (Å²) >= 11 is 1.69. The second kappa shape index (κ2) is 7.30. The van der Waals surface area contributed by atoms with E-state index in [4.69, 9.17) is 4.98 Å². The van der Waals surface area contributed by atoms with Crippen LogP contribution in [-0.4, -0.2) is 23.0 Å². The fourth-order valence-electron chi connectivity index (χ4n) is 3.73. The molecule has 0 fully saturated rings. The Bertz CT molecular complexity index is 1080. The zero-order valence-corrected chi connectivity index (χ0v) is 18.5. The van der Waals surface area contributed by atoms with E-state index >= 15 is 0 Å². The Morgan fingerprint density at radius 2 is 1.93 bits per heavy atom. The van der Waals surface area contributed by atoms with E-state index in [2.05, 4.69) is 51.2 Å². The SMILES string of the molecule is Cc1cccc(C(=O)N2CCc3cc(-c4nc(NC(C)(C)C)sc4C)ccc32)c1. The Labute approximate surface area is 176 Å². The Balaban J connectivity index is 1.62. The van der Waals surface area contributed by atoms with Crippen LogP contribution in [0, 0.1) is 13.8 Å². The lowest BCUT2D eigenvalue weighted by atomic mass is 10.1. The molecule has 0 aliphatic carbocycles. The smallest absolute Gasteiger partial charge is 0.258 e. The lowest BCUT2D eigenvalue weighted by molar-refractivity contribution is 0.0989. The van der Waals surface area contributed by atoms with Crippen LogP contribution in [0.15, 0.2) is 42.5 Å². The van der Waals surface area contributed by atoms with E-state index in [-0.39, 0.29) is 11.4 Å². The Morgan fingerprint density at radius 3 is 2.66 bits per heavy atom. The molecule has 0 atom stereocenters. The number of nitrogens with one attached hydrogen (secondary N) is 1. The van der Waals surface area contributed by atoms with Crippen LogP contribution in [0.5, 0.6) is 0 Å². The van der Waals surface area contributed by atoms with Gasteiger partial charge in [0.2, 0.25) is 0 Å². The van der Waals surface area contributed by atoms with Crippen LogP contribution in [0.1, 0.15) is 47.1 Å². The first-order chi connectivity index (χ1) is 13.7. The molecule has 1 N–H and O–H groups in total. The van der Waals surface area contributed by atoms with E-state index in [9.17, 15) is 4.79 Å². The van der Waals surface area contributed by atoms with Crippen molar-refractivity contribution in [2.75, 3.05) is 16.8 Å². The number of amides is 1. The van der Waals surface area contributed by atoms with Crippen molar-refractivity contribution in [3.63, 3.8) is 0 Å². The number of rotatable bonds is 3. The molecule has 1 aromatic heterocycles. The second-order valence-corrected chi connectivity index (χ2v) is 9.92. The summed E-state index contributed by atoms with van der Waals surface area (Å²) in [5.41, 5.74) is 6.19. The maximum absolute atomic E-state index is 13.0. The molecule has 0 spiro atoms. The van der Waals surface area contributed by atoms with Gasteiger partial charge in [0.05, 0.1) is 5.69 Å². The number of anilines is 2. The fraction of sp³-hybridized carbons (Fsp3) is 0.333. The summed E-state index contributed by atoms with van der Waals surface area (Å²) in [5, 5.41) is 4.41. The van der Waals surface area contributed by atoms with E-state index in [1.165, 1.54) is 10.4 Å². The molecule has 0 bridgehead atoms. The van der Waals surface area contributed by atoms with Gasteiger partial charge >= 0.3 is 0 Å². The molecule has 0 saturated carbocycles. The predicted octanol–water partition coefficient (Wildman–Crippen LogP) is 5.84. The number of aryl methyl sites for hydroxylation is 2. The van der Waals surface area contributed by atoms with Crippen molar-refractivity contribution in [1.82, 2.24) is 4.98 Å². The number of benzene rings is 2. The minimum Gasteiger partial charge on any atom is -0.357 e. The van der Waals surface area contributed by atoms with E-state index in [0.29, 0.717) is 0 Å². The van der Waals surface area contributed by atoms with Gasteiger partial charge in [0.25, 0.3) is 5.91 Å². The van der Waals surface area contributed by atoms with Crippen molar-refractivity contribution in [1.29, 1.82) is 0 Å². The van der Waals surface area contributed by atoms with Gasteiger partial charge in [0.1, 0.15) is 0 Å². The average molecular weight is 406 g/mol. The first kappa shape index (κ1) is 19.6. The molecule has 1 aliphatic heterocycles. The highest BCUT2D eigenvalue weighted by atomic mass is 32.1. The topological polar surface area (TPSA) is 45.2 Å². The predicted molar refractivity (Wildman–Crippen MR) is 122 cm³/mol. The standard InChI is InChI=1S/C24H27N3OS/c1-15-7-6-8-19(13-15)22(28)27-12-11-17-14-18(9-10-20(17)27)21-16(2)29-23(25-21)26-24(3,4)5/h6-10,13-14H,11-12H2,1-5H3,(H,25,26). The van der Waals surface area contributed by atoms with Gasteiger partial charge in [-0.2, -0.15) is 0 Å². The molecule has 4 nitrogen and oxygen atoms in total. The Kier molecular flexibility index (Phi) is 4.95. The molecule has 3 aromatic rings. The third-order valence-corrected chi connectivity index (χ3v) is 5.92. The number of carbonyl (C=O) groups is 1. The first-order valence-corrected chi connectivity index (χ1v) is 10.8. The highest BCUT2D eigenvalue weighted by Gasteiger charge is 2.26. The molecule has 29 heavy (non-hydrogen) atoms. The van der Waals surface area contributed by atoms with Crippen molar-refractivity contribution >= 4 is 28.1 Å². The van der Waals surface area contributed by atoms with Crippen LogP contribution in [0.4, 0.5) is 10.8 Å². The Hall–Kier alpha value is -2.66. The quantitative estimate of drug-likeness (QED) is 0.595. The largest absolute Gasteiger partial charge is 0.357 e. The number of hydrogen-bond donors (Lipinski definition) is 1. The van der Waals surface area contributed by atoms with Gasteiger partial charge in [0.15, 0.2) is 5.13 Å². The van der Waals surface area contributed by atoms with E-state index in [1.54, 1.807) is 11.3 Å². The van der Waals surface area contributed by atoms with Gasteiger partial charge in [-0.25, -0.2) is 4.98 Å². The van der Waals surface area contributed by atoms with Crippen LogP contribution in [-0.2, 0) is 6.42 Å². The highest BCUT2D eigenvalue weighted by molar-refractivity contribution is 7.16. The summed E-state index contributed by atoms with van der Waals surface area (Å²) in [4.78, 5) is 20.9.